The van der Waals surface area contributed by atoms with Gasteiger partial charge in [-0.15, -0.1) is 11.3 Å². The fourth-order valence-electron chi connectivity index (χ4n) is 2.80. The van der Waals surface area contributed by atoms with Gasteiger partial charge in [-0.3, -0.25) is 0 Å². The van der Waals surface area contributed by atoms with Crippen molar-refractivity contribution >= 4 is 11.3 Å². The predicted molar refractivity (Wildman–Crippen MR) is 91.5 cm³/mol. The highest BCUT2D eigenvalue weighted by molar-refractivity contribution is 7.09. The summed E-state index contributed by atoms with van der Waals surface area (Å²) in [5.41, 5.74) is 3.89. The molecule has 1 unspecified atom stereocenters. The third-order valence-electron chi connectivity index (χ3n) is 4.00. The molecule has 0 radical (unpaired) electrons. The third-order valence-corrected chi connectivity index (χ3v) is 4.94. The summed E-state index contributed by atoms with van der Waals surface area (Å²) in [6.45, 7) is 4.28. The van der Waals surface area contributed by atoms with Crippen LogP contribution in [0.5, 0.6) is 5.75 Å². The van der Waals surface area contributed by atoms with Crippen LogP contribution in [0.15, 0.2) is 29.6 Å². The second kappa shape index (κ2) is 7.62. The normalized spacial score (nSPS) is 12.4. The van der Waals surface area contributed by atoms with E-state index in [1.165, 1.54) is 34.4 Å². The Morgan fingerprint density at radius 1 is 1.24 bits per heavy atom. The van der Waals surface area contributed by atoms with Crippen molar-refractivity contribution in [3.8, 4) is 5.75 Å². The number of hydrogen-bond acceptors (Lipinski definition) is 3. The van der Waals surface area contributed by atoms with Crippen molar-refractivity contribution in [2.75, 3.05) is 14.2 Å². The molecule has 3 heteroatoms. The molecular weight excluding hydrogens is 278 g/mol. The Bertz CT molecular complexity index is 563. The minimum atomic E-state index is 0.412. The first-order valence-electron chi connectivity index (χ1n) is 7.50. The van der Waals surface area contributed by atoms with Gasteiger partial charge in [0.2, 0.25) is 0 Å². The number of thiophene rings is 1. The second-order valence-electron chi connectivity index (χ2n) is 5.49. The van der Waals surface area contributed by atoms with Gasteiger partial charge in [0.15, 0.2) is 0 Å². The number of aryl methyl sites for hydroxylation is 3. The van der Waals surface area contributed by atoms with E-state index in [-0.39, 0.29) is 0 Å². The molecule has 1 aromatic carbocycles. The van der Waals surface area contributed by atoms with Gasteiger partial charge in [0.25, 0.3) is 0 Å². The summed E-state index contributed by atoms with van der Waals surface area (Å²) in [6, 6.07) is 9.18. The molecule has 2 nitrogen and oxygen atoms in total. The van der Waals surface area contributed by atoms with E-state index in [1.54, 1.807) is 7.11 Å². The first-order chi connectivity index (χ1) is 10.2. The minimum absolute atomic E-state index is 0.412. The van der Waals surface area contributed by atoms with Crippen LogP contribution in [0.25, 0.3) is 0 Å². The number of benzene rings is 1. The van der Waals surface area contributed by atoms with Crippen LogP contribution in [0, 0.1) is 13.8 Å². The largest absolute Gasteiger partial charge is 0.496 e. The Morgan fingerprint density at radius 3 is 2.67 bits per heavy atom. The molecule has 1 aromatic heterocycles. The van der Waals surface area contributed by atoms with E-state index in [0.717, 1.165) is 12.2 Å². The summed E-state index contributed by atoms with van der Waals surface area (Å²) in [4.78, 5) is 1.48. The maximum Gasteiger partial charge on any atom is 0.122 e. The number of methoxy groups -OCH3 is 1. The van der Waals surface area contributed by atoms with E-state index in [0.29, 0.717) is 6.04 Å². The van der Waals surface area contributed by atoms with Crippen LogP contribution in [0.1, 0.15) is 40.5 Å². The Hall–Kier alpha value is -1.32. The van der Waals surface area contributed by atoms with E-state index in [2.05, 4.69) is 55.9 Å². The molecule has 0 aliphatic carbocycles. The number of ether oxygens (including phenoxy) is 1. The molecule has 0 bridgehead atoms. The molecule has 2 aromatic rings. The van der Waals surface area contributed by atoms with Crippen LogP contribution >= 0.6 is 11.3 Å². The molecule has 0 aliphatic rings. The quantitative estimate of drug-likeness (QED) is 0.803. The van der Waals surface area contributed by atoms with E-state index in [4.69, 9.17) is 4.74 Å². The summed E-state index contributed by atoms with van der Waals surface area (Å²) in [5, 5.41) is 5.62. The fraction of sp³-hybridized carbons (Fsp3) is 0.444. The lowest BCUT2D eigenvalue weighted by molar-refractivity contribution is 0.410. The molecule has 0 fully saturated rings. The maximum atomic E-state index is 5.41. The predicted octanol–water partition coefficient (Wildman–Crippen LogP) is 4.66. The number of nitrogens with one attached hydrogen (secondary N) is 1. The molecule has 1 atom stereocenters. The standard InChI is InChI=1S/C18H25NOS/c1-13-12-18(20-4)14(2)11-16(13)17(19-3)9-5-7-15-8-6-10-21-15/h6,8,10-12,17,19H,5,7,9H2,1-4H3. The second-order valence-corrected chi connectivity index (χ2v) is 6.52. The third kappa shape index (κ3) is 4.08. The van der Waals surface area contributed by atoms with Crippen LogP contribution < -0.4 is 10.1 Å². The molecule has 2 rings (SSSR count). The van der Waals surface area contributed by atoms with Crippen molar-refractivity contribution < 1.29 is 4.74 Å². The van der Waals surface area contributed by atoms with Gasteiger partial charge in [-0.25, -0.2) is 0 Å². The molecule has 0 saturated carbocycles. The Balaban J connectivity index is 2.04. The van der Waals surface area contributed by atoms with E-state index in [1.807, 2.05) is 11.3 Å². The molecule has 0 aliphatic heterocycles. The van der Waals surface area contributed by atoms with Crippen molar-refractivity contribution in [2.45, 2.75) is 39.2 Å². The first-order valence-corrected chi connectivity index (χ1v) is 8.38. The Labute approximate surface area is 132 Å². The Morgan fingerprint density at radius 2 is 2.05 bits per heavy atom. The molecule has 0 spiro atoms. The summed E-state index contributed by atoms with van der Waals surface area (Å²) in [6.07, 6.45) is 3.53. The van der Waals surface area contributed by atoms with Gasteiger partial charge in [0.05, 0.1) is 7.11 Å². The highest BCUT2D eigenvalue weighted by Crippen LogP contribution is 2.29. The van der Waals surface area contributed by atoms with E-state index >= 15 is 0 Å². The van der Waals surface area contributed by atoms with Gasteiger partial charge >= 0.3 is 0 Å². The molecule has 0 saturated heterocycles. The smallest absolute Gasteiger partial charge is 0.122 e. The number of rotatable bonds is 7. The van der Waals surface area contributed by atoms with Crippen LogP contribution in [0.2, 0.25) is 0 Å². The lowest BCUT2D eigenvalue weighted by Gasteiger charge is -2.20. The topological polar surface area (TPSA) is 21.3 Å². The van der Waals surface area contributed by atoms with Crippen molar-refractivity contribution in [3.05, 3.63) is 51.2 Å². The summed E-state index contributed by atoms with van der Waals surface area (Å²) < 4.78 is 5.41. The van der Waals surface area contributed by atoms with Crippen LogP contribution in [-0.2, 0) is 6.42 Å². The van der Waals surface area contributed by atoms with Crippen LogP contribution in [-0.4, -0.2) is 14.2 Å². The summed E-state index contributed by atoms with van der Waals surface area (Å²) in [5.74, 6) is 0.977. The lowest BCUT2D eigenvalue weighted by atomic mass is 9.94. The van der Waals surface area contributed by atoms with Gasteiger partial charge in [-0.2, -0.15) is 0 Å². The summed E-state index contributed by atoms with van der Waals surface area (Å²) in [7, 11) is 3.78. The van der Waals surface area contributed by atoms with Crippen molar-refractivity contribution in [2.24, 2.45) is 0 Å². The van der Waals surface area contributed by atoms with Crippen LogP contribution in [0.4, 0.5) is 0 Å². The molecule has 1 heterocycles. The Kier molecular flexibility index (Phi) is 5.83. The zero-order valence-electron chi connectivity index (χ0n) is 13.4. The maximum absolute atomic E-state index is 5.41. The first kappa shape index (κ1) is 16.1. The fourth-order valence-corrected chi connectivity index (χ4v) is 3.55. The van der Waals surface area contributed by atoms with Gasteiger partial charge in [0, 0.05) is 10.9 Å². The SMILES string of the molecule is CNC(CCCc1cccs1)c1cc(C)c(OC)cc1C. The van der Waals surface area contributed by atoms with Gasteiger partial charge in [-0.05, 0) is 74.4 Å². The zero-order chi connectivity index (χ0) is 15.2. The average Bonchev–Trinajstić information content (AvgIpc) is 2.99. The zero-order valence-corrected chi connectivity index (χ0v) is 14.2. The lowest BCUT2D eigenvalue weighted by Crippen LogP contribution is -2.18. The molecule has 21 heavy (non-hydrogen) atoms. The van der Waals surface area contributed by atoms with E-state index < -0.39 is 0 Å². The van der Waals surface area contributed by atoms with E-state index in [9.17, 15) is 0 Å². The average molecular weight is 303 g/mol. The van der Waals surface area contributed by atoms with Gasteiger partial charge in [-0.1, -0.05) is 12.1 Å². The highest BCUT2D eigenvalue weighted by Gasteiger charge is 2.14. The van der Waals surface area contributed by atoms with Crippen molar-refractivity contribution in [1.82, 2.24) is 5.32 Å². The molecular formula is C18H25NOS. The minimum Gasteiger partial charge on any atom is -0.496 e. The van der Waals surface area contributed by atoms with Crippen LogP contribution in [0.3, 0.4) is 0 Å². The van der Waals surface area contributed by atoms with Crippen molar-refractivity contribution in [1.29, 1.82) is 0 Å². The molecule has 114 valence electrons. The van der Waals surface area contributed by atoms with Gasteiger partial charge < -0.3 is 10.1 Å². The monoisotopic (exact) mass is 303 g/mol. The van der Waals surface area contributed by atoms with Crippen molar-refractivity contribution in [3.63, 3.8) is 0 Å². The molecule has 1 N–H and O–H groups in total. The highest BCUT2D eigenvalue weighted by atomic mass is 32.1. The molecule has 0 amide bonds. The number of hydrogen-bond donors (Lipinski definition) is 1. The van der Waals surface area contributed by atoms with Gasteiger partial charge in [0.1, 0.15) is 5.75 Å². The summed E-state index contributed by atoms with van der Waals surface area (Å²) >= 11 is 1.85.